The van der Waals surface area contributed by atoms with Gasteiger partial charge in [0.25, 0.3) is 0 Å². The predicted molar refractivity (Wildman–Crippen MR) is 106 cm³/mol. The third-order valence-electron chi connectivity index (χ3n) is 4.28. The van der Waals surface area contributed by atoms with Crippen molar-refractivity contribution in [3.63, 3.8) is 0 Å². The average Bonchev–Trinajstić information content (AvgIpc) is 2.72. The van der Waals surface area contributed by atoms with Crippen molar-refractivity contribution in [1.29, 1.82) is 0 Å². The van der Waals surface area contributed by atoms with E-state index in [9.17, 15) is 4.79 Å². The van der Waals surface area contributed by atoms with Crippen LogP contribution in [0.5, 0.6) is 0 Å². The lowest BCUT2D eigenvalue weighted by molar-refractivity contribution is 0.0499. The van der Waals surface area contributed by atoms with E-state index in [-0.39, 0.29) is 5.97 Å². The second-order valence-corrected chi connectivity index (χ2v) is 6.12. The van der Waals surface area contributed by atoms with Crippen LogP contribution in [0.1, 0.15) is 23.2 Å². The smallest absolute Gasteiger partial charge is 0.338 e. The van der Waals surface area contributed by atoms with Crippen molar-refractivity contribution >= 4 is 5.97 Å². The Labute approximate surface area is 154 Å². The fourth-order valence-corrected chi connectivity index (χ4v) is 2.88. The Hall–Kier alpha value is -2.91. The van der Waals surface area contributed by atoms with Crippen LogP contribution >= 0.6 is 0 Å². The largest absolute Gasteiger partial charge is 0.462 e. The summed E-state index contributed by atoms with van der Waals surface area (Å²) in [5.74, 6) is -0.287. The average molecular weight is 345 g/mol. The highest BCUT2D eigenvalue weighted by Gasteiger charge is 2.10. The number of carbonyl (C=O) groups is 1. The van der Waals surface area contributed by atoms with Crippen LogP contribution in [-0.2, 0) is 4.74 Å². The zero-order chi connectivity index (χ0) is 18.2. The van der Waals surface area contributed by atoms with E-state index in [0.29, 0.717) is 18.7 Å². The van der Waals surface area contributed by atoms with Crippen molar-refractivity contribution < 1.29 is 9.53 Å². The van der Waals surface area contributed by atoms with Crippen LogP contribution in [0.2, 0.25) is 0 Å². The lowest BCUT2D eigenvalue weighted by Gasteiger charge is -2.11. The normalized spacial score (nSPS) is 10.5. The highest BCUT2D eigenvalue weighted by atomic mass is 16.5. The molecule has 0 atom stereocenters. The zero-order valence-electron chi connectivity index (χ0n) is 14.7. The minimum atomic E-state index is -0.287. The summed E-state index contributed by atoms with van der Waals surface area (Å²) in [5, 5.41) is 0. The Morgan fingerprint density at radius 3 is 1.92 bits per heavy atom. The summed E-state index contributed by atoms with van der Waals surface area (Å²) in [4.78, 5) is 12.1. The first-order chi connectivity index (χ1) is 12.8. The maximum Gasteiger partial charge on any atom is 0.338 e. The molecule has 0 saturated carbocycles. The number of hydrogen-bond acceptors (Lipinski definition) is 3. The van der Waals surface area contributed by atoms with Crippen molar-refractivity contribution in [2.45, 2.75) is 12.8 Å². The molecule has 0 spiro atoms. The van der Waals surface area contributed by atoms with Gasteiger partial charge >= 0.3 is 5.97 Å². The SMILES string of the molecule is NCCCCOC(=O)c1ccc(-c2ccccc2-c2ccccc2)cc1. The molecule has 0 amide bonds. The molecule has 3 aromatic rings. The molecular weight excluding hydrogens is 322 g/mol. The van der Waals surface area contributed by atoms with Gasteiger partial charge in [-0.3, -0.25) is 0 Å². The number of unbranched alkanes of at least 4 members (excludes halogenated alkanes) is 1. The molecular formula is C23H23NO2. The van der Waals surface area contributed by atoms with Crippen LogP contribution in [0.15, 0.2) is 78.9 Å². The number of nitrogens with two attached hydrogens (primary N) is 1. The standard InChI is InChI=1S/C23H23NO2/c24-16-6-7-17-26-23(25)20-14-12-19(13-15-20)22-11-5-4-10-21(22)18-8-2-1-3-9-18/h1-5,8-15H,6-7,16-17,24H2. The minimum absolute atomic E-state index is 0.287. The maximum absolute atomic E-state index is 12.1. The van der Waals surface area contributed by atoms with Gasteiger partial charge in [0.2, 0.25) is 0 Å². The maximum atomic E-state index is 12.1. The van der Waals surface area contributed by atoms with E-state index in [1.54, 1.807) is 0 Å². The Morgan fingerprint density at radius 2 is 1.31 bits per heavy atom. The monoisotopic (exact) mass is 345 g/mol. The molecule has 26 heavy (non-hydrogen) atoms. The van der Waals surface area contributed by atoms with Crippen LogP contribution in [0.3, 0.4) is 0 Å². The van der Waals surface area contributed by atoms with Gasteiger partial charge in [0.05, 0.1) is 12.2 Å². The molecule has 3 heteroatoms. The molecule has 0 saturated heterocycles. The molecule has 0 unspecified atom stereocenters. The van der Waals surface area contributed by atoms with Gasteiger partial charge < -0.3 is 10.5 Å². The molecule has 3 rings (SSSR count). The predicted octanol–water partition coefficient (Wildman–Crippen LogP) is 4.92. The Balaban J connectivity index is 1.78. The fraction of sp³-hybridized carbons (Fsp3) is 0.174. The molecule has 0 heterocycles. The van der Waals surface area contributed by atoms with E-state index < -0.39 is 0 Å². The summed E-state index contributed by atoms with van der Waals surface area (Å²) in [6.45, 7) is 1.03. The number of rotatable bonds is 7. The van der Waals surface area contributed by atoms with E-state index in [0.717, 1.165) is 24.0 Å². The highest BCUT2D eigenvalue weighted by molar-refractivity contribution is 5.91. The van der Waals surface area contributed by atoms with E-state index in [1.165, 1.54) is 11.1 Å². The molecule has 0 fully saturated rings. The van der Waals surface area contributed by atoms with Crippen LogP contribution < -0.4 is 5.73 Å². The van der Waals surface area contributed by atoms with E-state index in [2.05, 4.69) is 24.3 Å². The first kappa shape index (κ1) is 17.9. The summed E-state index contributed by atoms with van der Waals surface area (Å²) >= 11 is 0. The van der Waals surface area contributed by atoms with Crippen LogP contribution in [0, 0.1) is 0 Å². The molecule has 0 aliphatic heterocycles. The quantitative estimate of drug-likeness (QED) is 0.489. The summed E-state index contributed by atoms with van der Waals surface area (Å²) < 4.78 is 5.27. The molecule has 0 aromatic heterocycles. The summed E-state index contributed by atoms with van der Waals surface area (Å²) in [6, 6.07) is 26.2. The van der Waals surface area contributed by atoms with Gasteiger partial charge in [0.15, 0.2) is 0 Å². The molecule has 0 radical (unpaired) electrons. The highest BCUT2D eigenvalue weighted by Crippen LogP contribution is 2.31. The summed E-state index contributed by atoms with van der Waals surface area (Å²) in [5.41, 5.74) is 10.6. The number of esters is 1. The first-order valence-electron chi connectivity index (χ1n) is 8.91. The van der Waals surface area contributed by atoms with E-state index in [4.69, 9.17) is 10.5 Å². The van der Waals surface area contributed by atoms with Gasteiger partial charge in [0, 0.05) is 0 Å². The van der Waals surface area contributed by atoms with Crippen LogP contribution in [0.25, 0.3) is 22.3 Å². The van der Waals surface area contributed by atoms with Crippen molar-refractivity contribution in [2.24, 2.45) is 5.73 Å². The number of benzene rings is 3. The Kier molecular flexibility index (Phi) is 6.18. The van der Waals surface area contributed by atoms with Gasteiger partial charge in [0.1, 0.15) is 0 Å². The second kappa shape index (κ2) is 8.97. The Morgan fingerprint density at radius 1 is 0.731 bits per heavy atom. The molecule has 132 valence electrons. The third kappa shape index (κ3) is 4.38. The topological polar surface area (TPSA) is 52.3 Å². The van der Waals surface area contributed by atoms with Gasteiger partial charge in [-0.15, -0.1) is 0 Å². The number of hydrogen-bond donors (Lipinski definition) is 1. The zero-order valence-corrected chi connectivity index (χ0v) is 14.7. The van der Waals surface area contributed by atoms with Crippen LogP contribution in [0.4, 0.5) is 0 Å². The van der Waals surface area contributed by atoms with Crippen molar-refractivity contribution in [3.05, 3.63) is 84.4 Å². The lowest BCUT2D eigenvalue weighted by Crippen LogP contribution is -2.08. The van der Waals surface area contributed by atoms with Gasteiger partial charge in [-0.2, -0.15) is 0 Å². The summed E-state index contributed by atoms with van der Waals surface area (Å²) in [7, 11) is 0. The molecule has 0 bridgehead atoms. The first-order valence-corrected chi connectivity index (χ1v) is 8.91. The minimum Gasteiger partial charge on any atom is -0.462 e. The fourth-order valence-electron chi connectivity index (χ4n) is 2.88. The van der Waals surface area contributed by atoms with E-state index in [1.807, 2.05) is 54.6 Å². The molecule has 0 aliphatic carbocycles. The molecule has 3 aromatic carbocycles. The third-order valence-corrected chi connectivity index (χ3v) is 4.28. The van der Waals surface area contributed by atoms with Crippen LogP contribution in [-0.4, -0.2) is 19.1 Å². The molecule has 3 nitrogen and oxygen atoms in total. The lowest BCUT2D eigenvalue weighted by atomic mass is 9.94. The number of carbonyl (C=O) groups excluding carboxylic acids is 1. The second-order valence-electron chi connectivity index (χ2n) is 6.12. The molecule has 2 N–H and O–H groups in total. The van der Waals surface area contributed by atoms with Crippen molar-refractivity contribution in [3.8, 4) is 22.3 Å². The van der Waals surface area contributed by atoms with Crippen molar-refractivity contribution in [2.75, 3.05) is 13.2 Å². The Bertz CT molecular complexity index is 842. The number of ether oxygens (including phenoxy) is 1. The van der Waals surface area contributed by atoms with Gasteiger partial charge in [-0.25, -0.2) is 4.79 Å². The molecule has 0 aliphatic rings. The summed E-state index contributed by atoms with van der Waals surface area (Å²) in [6.07, 6.45) is 1.66. The van der Waals surface area contributed by atoms with E-state index >= 15 is 0 Å². The van der Waals surface area contributed by atoms with Gasteiger partial charge in [-0.05, 0) is 53.8 Å². The van der Waals surface area contributed by atoms with Crippen molar-refractivity contribution in [1.82, 2.24) is 0 Å². The van der Waals surface area contributed by atoms with Gasteiger partial charge in [-0.1, -0.05) is 66.7 Å².